The van der Waals surface area contributed by atoms with E-state index < -0.39 is 24.6 Å². The van der Waals surface area contributed by atoms with E-state index in [2.05, 4.69) is 15.0 Å². The Morgan fingerprint density at radius 1 is 1.03 bits per heavy atom. The summed E-state index contributed by atoms with van der Waals surface area (Å²) < 4.78 is 39.0. The second kappa shape index (κ2) is 10.0. The van der Waals surface area contributed by atoms with Crippen molar-refractivity contribution in [1.29, 1.82) is 0 Å². The Morgan fingerprint density at radius 3 is 2.27 bits per heavy atom. The van der Waals surface area contributed by atoms with E-state index in [1.165, 1.54) is 31.2 Å². The van der Waals surface area contributed by atoms with E-state index >= 15 is 0 Å². The van der Waals surface area contributed by atoms with E-state index in [-0.39, 0.29) is 11.3 Å². The maximum Gasteiger partial charge on any atom is 0.387 e. The highest BCUT2D eigenvalue weighted by Gasteiger charge is 2.19. The average Bonchev–Trinajstić information content (AvgIpc) is 2.75. The van der Waals surface area contributed by atoms with Gasteiger partial charge in [0.1, 0.15) is 5.75 Å². The van der Waals surface area contributed by atoms with Crippen molar-refractivity contribution in [2.24, 2.45) is 0 Å². The Kier molecular flexibility index (Phi) is 7.18. The minimum Gasteiger partial charge on any atom is -0.449 e. The van der Waals surface area contributed by atoms with Crippen LogP contribution in [-0.4, -0.2) is 50.9 Å². The van der Waals surface area contributed by atoms with Gasteiger partial charge < -0.3 is 24.4 Å². The van der Waals surface area contributed by atoms with Crippen molar-refractivity contribution >= 4 is 23.3 Å². The van der Waals surface area contributed by atoms with Gasteiger partial charge in [0.2, 0.25) is 0 Å². The minimum atomic E-state index is -2.95. The van der Waals surface area contributed by atoms with Gasteiger partial charge in [-0.25, -0.2) is 4.79 Å². The lowest BCUT2D eigenvalue weighted by molar-refractivity contribution is -0.123. The van der Waals surface area contributed by atoms with Crippen molar-refractivity contribution < 1.29 is 32.6 Å². The molecule has 2 aromatic carbocycles. The summed E-state index contributed by atoms with van der Waals surface area (Å²) in [4.78, 5) is 26.7. The van der Waals surface area contributed by atoms with E-state index in [9.17, 15) is 18.4 Å². The molecule has 3 rings (SSSR count). The van der Waals surface area contributed by atoms with Crippen LogP contribution in [0.15, 0.2) is 48.5 Å². The molecule has 0 saturated carbocycles. The monoisotopic (exact) mass is 420 g/mol. The number of hydrogen-bond donors (Lipinski definition) is 1. The summed E-state index contributed by atoms with van der Waals surface area (Å²) in [5.74, 6) is -1.31. The van der Waals surface area contributed by atoms with Crippen LogP contribution < -0.4 is 15.0 Å². The van der Waals surface area contributed by atoms with Gasteiger partial charge in [0, 0.05) is 24.5 Å². The lowest BCUT2D eigenvalue weighted by Gasteiger charge is -2.28. The Labute approximate surface area is 172 Å². The fourth-order valence-electron chi connectivity index (χ4n) is 2.88. The third-order valence-corrected chi connectivity index (χ3v) is 4.48. The molecule has 9 heteroatoms. The van der Waals surface area contributed by atoms with Crippen LogP contribution in [0.1, 0.15) is 17.3 Å². The smallest absolute Gasteiger partial charge is 0.387 e. The molecule has 0 spiro atoms. The quantitative estimate of drug-likeness (QED) is 0.693. The second-order valence-electron chi connectivity index (χ2n) is 6.59. The lowest BCUT2D eigenvalue weighted by atomic mass is 10.2. The second-order valence-corrected chi connectivity index (χ2v) is 6.59. The number of amides is 1. The number of anilines is 2. The van der Waals surface area contributed by atoms with E-state index in [1.807, 2.05) is 12.1 Å². The number of ether oxygens (including phenoxy) is 3. The molecular formula is C21H22F2N2O5. The molecule has 0 aromatic heterocycles. The minimum absolute atomic E-state index is 0.0760. The van der Waals surface area contributed by atoms with Gasteiger partial charge in [-0.3, -0.25) is 4.79 Å². The molecule has 1 aliphatic rings. The number of morpholine rings is 1. The van der Waals surface area contributed by atoms with E-state index in [0.717, 1.165) is 18.8 Å². The number of esters is 1. The Morgan fingerprint density at radius 2 is 1.67 bits per heavy atom. The first-order valence-corrected chi connectivity index (χ1v) is 9.42. The van der Waals surface area contributed by atoms with Crippen molar-refractivity contribution in [2.45, 2.75) is 19.6 Å². The predicted molar refractivity (Wildman–Crippen MR) is 106 cm³/mol. The number of carbonyl (C=O) groups excluding carboxylic acids is 2. The number of rotatable bonds is 7. The fourth-order valence-corrected chi connectivity index (χ4v) is 2.88. The highest BCUT2D eigenvalue weighted by Crippen LogP contribution is 2.20. The van der Waals surface area contributed by atoms with Crippen molar-refractivity contribution in [3.05, 3.63) is 54.1 Å². The maximum atomic E-state index is 12.3. The van der Waals surface area contributed by atoms with Gasteiger partial charge in [-0.05, 0) is 55.5 Å². The number of carbonyl (C=O) groups is 2. The molecule has 1 atom stereocenters. The van der Waals surface area contributed by atoms with Gasteiger partial charge in [-0.2, -0.15) is 8.78 Å². The molecule has 160 valence electrons. The number of hydrogen-bond acceptors (Lipinski definition) is 6. The molecule has 1 saturated heterocycles. The summed E-state index contributed by atoms with van der Waals surface area (Å²) in [6.45, 7) is 1.49. The van der Waals surface area contributed by atoms with Gasteiger partial charge in [0.05, 0.1) is 18.8 Å². The molecule has 1 N–H and O–H groups in total. The Hall–Kier alpha value is -3.20. The largest absolute Gasteiger partial charge is 0.449 e. The summed E-state index contributed by atoms with van der Waals surface area (Å²) in [7, 11) is 0. The summed E-state index contributed by atoms with van der Waals surface area (Å²) in [5, 5.41) is 2.70. The molecular weight excluding hydrogens is 398 g/mol. The zero-order valence-electron chi connectivity index (χ0n) is 16.3. The van der Waals surface area contributed by atoms with Crippen LogP contribution in [0.2, 0.25) is 0 Å². The molecule has 0 bridgehead atoms. The Balaban J connectivity index is 1.52. The van der Waals surface area contributed by atoms with Gasteiger partial charge in [-0.15, -0.1) is 0 Å². The van der Waals surface area contributed by atoms with Crippen LogP contribution >= 0.6 is 0 Å². The van der Waals surface area contributed by atoms with Crippen LogP contribution in [0.4, 0.5) is 20.2 Å². The zero-order chi connectivity index (χ0) is 21.5. The SMILES string of the molecule is C[C@@H](OC(=O)c1ccc(OC(F)F)cc1)C(=O)Nc1ccc(N2CCOCC2)cc1. The fraction of sp³-hybridized carbons (Fsp3) is 0.333. The van der Waals surface area contributed by atoms with Gasteiger partial charge in [0.15, 0.2) is 6.10 Å². The summed E-state index contributed by atoms with van der Waals surface area (Å²) in [6.07, 6.45) is -1.05. The van der Waals surface area contributed by atoms with Crippen LogP contribution in [-0.2, 0) is 14.3 Å². The molecule has 1 fully saturated rings. The topological polar surface area (TPSA) is 77.1 Å². The number of halogens is 2. The maximum absolute atomic E-state index is 12.3. The average molecular weight is 420 g/mol. The third kappa shape index (κ3) is 5.90. The van der Waals surface area contributed by atoms with Crippen molar-refractivity contribution in [3.63, 3.8) is 0 Å². The first-order chi connectivity index (χ1) is 14.4. The van der Waals surface area contributed by atoms with Crippen LogP contribution in [0.3, 0.4) is 0 Å². The van der Waals surface area contributed by atoms with E-state index in [4.69, 9.17) is 9.47 Å². The molecule has 2 aromatic rings. The molecule has 0 aliphatic carbocycles. The van der Waals surface area contributed by atoms with E-state index in [0.29, 0.717) is 18.9 Å². The molecule has 1 amide bonds. The van der Waals surface area contributed by atoms with Crippen LogP contribution in [0, 0.1) is 0 Å². The molecule has 0 unspecified atom stereocenters. The molecule has 1 aliphatic heterocycles. The highest BCUT2D eigenvalue weighted by atomic mass is 19.3. The van der Waals surface area contributed by atoms with Crippen LogP contribution in [0.5, 0.6) is 5.75 Å². The van der Waals surface area contributed by atoms with Crippen molar-refractivity contribution in [2.75, 3.05) is 36.5 Å². The first-order valence-electron chi connectivity index (χ1n) is 9.42. The van der Waals surface area contributed by atoms with Crippen molar-refractivity contribution in [3.8, 4) is 5.75 Å². The molecule has 0 radical (unpaired) electrons. The Bertz CT molecular complexity index is 853. The normalized spacial score (nSPS) is 14.9. The summed E-state index contributed by atoms with van der Waals surface area (Å²) >= 11 is 0. The van der Waals surface area contributed by atoms with Gasteiger partial charge in [-0.1, -0.05) is 0 Å². The number of benzene rings is 2. The molecule has 7 nitrogen and oxygen atoms in total. The summed E-state index contributed by atoms with van der Waals surface area (Å²) in [6, 6.07) is 12.4. The van der Waals surface area contributed by atoms with Crippen molar-refractivity contribution in [1.82, 2.24) is 0 Å². The number of nitrogens with one attached hydrogen (secondary N) is 1. The summed E-state index contributed by atoms with van der Waals surface area (Å²) in [5.41, 5.74) is 1.73. The van der Waals surface area contributed by atoms with Gasteiger partial charge >= 0.3 is 12.6 Å². The molecule has 1 heterocycles. The first kappa shape index (κ1) is 21.5. The standard InChI is InChI=1S/C21H22F2N2O5/c1-14(29-20(27)15-2-8-18(9-3-15)30-21(22)23)19(26)24-16-4-6-17(7-5-16)25-10-12-28-13-11-25/h2-9,14,21H,10-13H2,1H3,(H,24,26)/t14-/m1/s1. The van der Waals surface area contributed by atoms with Gasteiger partial charge in [0.25, 0.3) is 5.91 Å². The van der Waals surface area contributed by atoms with E-state index in [1.54, 1.807) is 12.1 Å². The third-order valence-electron chi connectivity index (χ3n) is 4.48. The zero-order valence-corrected chi connectivity index (χ0v) is 16.3. The predicted octanol–water partition coefficient (Wildman–Crippen LogP) is 3.31. The number of alkyl halides is 2. The molecule has 30 heavy (non-hydrogen) atoms. The highest BCUT2D eigenvalue weighted by molar-refractivity contribution is 5.97. The van der Waals surface area contributed by atoms with Crippen LogP contribution in [0.25, 0.3) is 0 Å². The lowest BCUT2D eigenvalue weighted by Crippen LogP contribution is -2.36. The number of nitrogens with zero attached hydrogens (tertiary/aromatic N) is 1.